The number of terminal acetylenes is 1. The molecule has 0 aromatic heterocycles. The first-order valence-corrected chi connectivity index (χ1v) is 11.7. The largest absolute Gasteiger partial charge is 0.509 e. The highest BCUT2D eigenvalue weighted by atomic mass is 16.8. The molecule has 2 saturated heterocycles. The lowest BCUT2D eigenvalue weighted by atomic mass is 9.63. The molecule has 6 heteroatoms. The highest BCUT2D eigenvalue weighted by Crippen LogP contribution is 2.54. The van der Waals surface area contributed by atoms with Crippen molar-refractivity contribution < 1.29 is 28.5 Å². The van der Waals surface area contributed by atoms with Gasteiger partial charge in [-0.15, -0.1) is 12.3 Å². The molecular weight excluding hydrogens is 408 g/mol. The average molecular weight is 447 g/mol. The van der Waals surface area contributed by atoms with Crippen LogP contribution in [-0.2, 0) is 23.7 Å². The van der Waals surface area contributed by atoms with E-state index in [1.54, 1.807) is 20.8 Å². The van der Waals surface area contributed by atoms with Crippen molar-refractivity contribution in [2.24, 2.45) is 29.1 Å². The molecule has 0 saturated carbocycles. The molecule has 0 amide bonds. The van der Waals surface area contributed by atoms with E-state index in [0.717, 1.165) is 6.42 Å². The second-order valence-electron chi connectivity index (χ2n) is 11.0. The molecule has 2 fully saturated rings. The van der Waals surface area contributed by atoms with Crippen LogP contribution in [0.15, 0.2) is 11.6 Å². The monoisotopic (exact) mass is 446 g/mol. The normalized spacial score (nSPS) is 36.7. The fraction of sp³-hybridized carbons (Fsp3) is 0.769. The highest BCUT2D eigenvalue weighted by Gasteiger charge is 2.63. The summed E-state index contributed by atoms with van der Waals surface area (Å²) in [4.78, 5) is 24.4. The summed E-state index contributed by atoms with van der Waals surface area (Å²) in [5.41, 5.74) is -0.283. The van der Waals surface area contributed by atoms with E-state index in [1.165, 1.54) is 5.57 Å². The molecule has 0 aromatic rings. The molecule has 0 bridgehead atoms. The van der Waals surface area contributed by atoms with Crippen molar-refractivity contribution in [1.29, 1.82) is 0 Å². The molecule has 3 rings (SSSR count). The minimum absolute atomic E-state index is 0.122. The van der Waals surface area contributed by atoms with Crippen molar-refractivity contribution in [2.75, 3.05) is 6.61 Å². The molecule has 1 aliphatic carbocycles. The molecular formula is C26H38O6. The SMILES string of the molecule is C#CC[C@H]1O[C@@H]([C@]2(C)OC(=O)O[C@H]2CCOC(=O)C(C)(C)C)[C@H]2[C@@H]1C(C)=CC[C@@H]2C(C)C. The lowest BCUT2D eigenvalue weighted by molar-refractivity contribution is -0.155. The van der Waals surface area contributed by atoms with E-state index >= 15 is 0 Å². The van der Waals surface area contributed by atoms with Gasteiger partial charge in [-0.3, -0.25) is 4.79 Å². The number of carbonyl (C=O) groups excluding carboxylic acids is 2. The second kappa shape index (κ2) is 9.09. The average Bonchev–Trinajstić information content (AvgIpc) is 3.20. The maximum Gasteiger partial charge on any atom is 0.509 e. The van der Waals surface area contributed by atoms with Crippen LogP contribution in [0.5, 0.6) is 0 Å². The highest BCUT2D eigenvalue weighted by molar-refractivity contribution is 5.75. The fourth-order valence-corrected chi connectivity index (χ4v) is 5.59. The van der Waals surface area contributed by atoms with Crippen LogP contribution >= 0.6 is 0 Å². The zero-order valence-electron chi connectivity index (χ0n) is 20.5. The molecule has 2 aliphatic heterocycles. The third-order valence-electron chi connectivity index (χ3n) is 7.37. The lowest BCUT2D eigenvalue weighted by Crippen LogP contribution is -2.53. The van der Waals surface area contributed by atoms with E-state index in [0.29, 0.717) is 24.7 Å². The Kier molecular flexibility index (Phi) is 7.00. The Morgan fingerprint density at radius 2 is 2.06 bits per heavy atom. The van der Waals surface area contributed by atoms with Gasteiger partial charge in [-0.2, -0.15) is 0 Å². The number of carbonyl (C=O) groups is 2. The smallest absolute Gasteiger partial charge is 0.465 e. The van der Waals surface area contributed by atoms with Gasteiger partial charge in [-0.05, 0) is 52.9 Å². The third kappa shape index (κ3) is 4.55. The molecule has 6 nitrogen and oxygen atoms in total. The number of esters is 1. The molecule has 0 spiro atoms. The standard InChI is InChI=1S/C26H38O6/c1-9-10-18-20-16(4)11-12-17(15(2)3)21(20)22(30-18)26(8)19(31-24(28)32-26)13-14-29-23(27)25(5,6)7/h1,11,15,17-22H,10,12-14H2,2-8H3/t17-,18-,19+,20-,21-,22-,26-/m1/s1. The van der Waals surface area contributed by atoms with Crippen molar-refractivity contribution in [2.45, 2.75) is 91.6 Å². The van der Waals surface area contributed by atoms with Crippen LogP contribution < -0.4 is 0 Å². The van der Waals surface area contributed by atoms with Gasteiger partial charge in [0.2, 0.25) is 0 Å². The number of fused-ring (bicyclic) bond motifs is 1. The Balaban J connectivity index is 1.86. The van der Waals surface area contributed by atoms with Gasteiger partial charge in [0.25, 0.3) is 0 Å². The third-order valence-corrected chi connectivity index (χ3v) is 7.37. The fourth-order valence-electron chi connectivity index (χ4n) is 5.59. The van der Waals surface area contributed by atoms with Gasteiger partial charge in [0.15, 0.2) is 11.7 Å². The predicted molar refractivity (Wildman–Crippen MR) is 121 cm³/mol. The summed E-state index contributed by atoms with van der Waals surface area (Å²) in [7, 11) is 0. The van der Waals surface area contributed by atoms with Crippen LogP contribution in [-0.4, -0.2) is 42.6 Å². The van der Waals surface area contributed by atoms with E-state index < -0.39 is 23.3 Å². The summed E-state index contributed by atoms with van der Waals surface area (Å²) in [5.74, 6) is 3.65. The maximum atomic E-state index is 12.3. The Morgan fingerprint density at radius 1 is 1.38 bits per heavy atom. The first-order chi connectivity index (χ1) is 14.9. The van der Waals surface area contributed by atoms with Gasteiger partial charge < -0.3 is 18.9 Å². The molecule has 0 unspecified atom stereocenters. The van der Waals surface area contributed by atoms with Crippen LogP contribution in [0, 0.1) is 41.4 Å². The number of rotatable bonds is 6. The predicted octanol–water partition coefficient (Wildman–Crippen LogP) is 4.91. The van der Waals surface area contributed by atoms with Gasteiger partial charge in [0, 0.05) is 24.7 Å². The maximum absolute atomic E-state index is 12.3. The summed E-state index contributed by atoms with van der Waals surface area (Å²) in [6.45, 7) is 14.1. The van der Waals surface area contributed by atoms with Gasteiger partial charge in [-0.25, -0.2) is 4.79 Å². The summed E-state index contributed by atoms with van der Waals surface area (Å²) in [6.07, 6.45) is 8.05. The summed E-state index contributed by atoms with van der Waals surface area (Å²) >= 11 is 0. The molecule has 178 valence electrons. The van der Waals surface area contributed by atoms with Crippen LogP contribution in [0.3, 0.4) is 0 Å². The quantitative estimate of drug-likeness (QED) is 0.328. The van der Waals surface area contributed by atoms with Crippen molar-refractivity contribution in [3.05, 3.63) is 11.6 Å². The Hall–Kier alpha value is -2.00. The number of ether oxygens (including phenoxy) is 4. The van der Waals surface area contributed by atoms with E-state index in [2.05, 4.69) is 32.8 Å². The van der Waals surface area contributed by atoms with E-state index in [4.69, 9.17) is 25.4 Å². The number of cyclic esters (lactones) is 2. The van der Waals surface area contributed by atoms with Gasteiger partial charge in [0.1, 0.15) is 6.10 Å². The number of allylic oxidation sites excluding steroid dienone is 1. The summed E-state index contributed by atoms with van der Waals surface area (Å²) < 4.78 is 23.4. The van der Waals surface area contributed by atoms with Crippen molar-refractivity contribution in [3.63, 3.8) is 0 Å². The molecule has 7 atom stereocenters. The first kappa shape index (κ1) is 24.6. The van der Waals surface area contributed by atoms with Crippen LogP contribution in [0.4, 0.5) is 4.79 Å². The molecule has 0 aromatic carbocycles. The molecule has 2 heterocycles. The van der Waals surface area contributed by atoms with Gasteiger partial charge in [0.05, 0.1) is 18.1 Å². The van der Waals surface area contributed by atoms with Crippen LogP contribution in [0.1, 0.15) is 67.7 Å². The Bertz CT molecular complexity index is 800. The second-order valence-corrected chi connectivity index (χ2v) is 11.0. The number of hydrogen-bond donors (Lipinski definition) is 0. The van der Waals surface area contributed by atoms with Crippen LogP contribution in [0.2, 0.25) is 0 Å². The minimum Gasteiger partial charge on any atom is -0.465 e. The topological polar surface area (TPSA) is 71.1 Å². The molecule has 0 radical (unpaired) electrons. The first-order valence-electron chi connectivity index (χ1n) is 11.7. The van der Waals surface area contributed by atoms with E-state index in [1.807, 2.05) is 6.92 Å². The van der Waals surface area contributed by atoms with Crippen molar-refractivity contribution >= 4 is 12.1 Å². The summed E-state index contributed by atoms with van der Waals surface area (Å²) in [6, 6.07) is 0. The van der Waals surface area contributed by atoms with Gasteiger partial charge in [-0.1, -0.05) is 25.5 Å². The lowest BCUT2D eigenvalue weighted by Gasteiger charge is -2.42. The number of hydrogen-bond acceptors (Lipinski definition) is 6. The zero-order valence-corrected chi connectivity index (χ0v) is 20.5. The van der Waals surface area contributed by atoms with Crippen molar-refractivity contribution in [1.82, 2.24) is 0 Å². The zero-order chi connectivity index (χ0) is 23.8. The Morgan fingerprint density at radius 3 is 2.66 bits per heavy atom. The molecule has 0 N–H and O–H groups in total. The van der Waals surface area contributed by atoms with E-state index in [9.17, 15) is 9.59 Å². The Labute approximate surface area is 192 Å². The molecule has 3 aliphatic rings. The van der Waals surface area contributed by atoms with Gasteiger partial charge >= 0.3 is 12.1 Å². The minimum atomic E-state index is -0.984. The summed E-state index contributed by atoms with van der Waals surface area (Å²) in [5, 5.41) is 0. The van der Waals surface area contributed by atoms with Crippen molar-refractivity contribution in [3.8, 4) is 12.3 Å². The van der Waals surface area contributed by atoms with Crippen LogP contribution in [0.25, 0.3) is 0 Å². The van der Waals surface area contributed by atoms with E-state index in [-0.39, 0.29) is 36.6 Å². The molecule has 32 heavy (non-hydrogen) atoms.